The van der Waals surface area contributed by atoms with E-state index in [1.54, 1.807) is 29.5 Å². The van der Waals surface area contributed by atoms with E-state index in [0.717, 1.165) is 28.9 Å². The molecule has 2 aromatic carbocycles. The van der Waals surface area contributed by atoms with Gasteiger partial charge in [-0.05, 0) is 35.2 Å². The molecule has 27 heavy (non-hydrogen) atoms. The van der Waals surface area contributed by atoms with Gasteiger partial charge in [-0.1, -0.05) is 24.3 Å². The summed E-state index contributed by atoms with van der Waals surface area (Å²) in [5.41, 5.74) is 5.34. The summed E-state index contributed by atoms with van der Waals surface area (Å²) in [6, 6.07) is 15.3. The number of aromatic nitrogens is 1. The molecule has 0 spiro atoms. The predicted octanol–water partition coefficient (Wildman–Crippen LogP) is 5.02. The average molecular weight is 374 g/mol. The van der Waals surface area contributed by atoms with Crippen LogP contribution in [0.15, 0.2) is 63.3 Å². The zero-order valence-electron chi connectivity index (χ0n) is 14.4. The van der Waals surface area contributed by atoms with Crippen molar-refractivity contribution in [1.29, 1.82) is 0 Å². The number of hydrogen-bond acceptors (Lipinski definition) is 6. The molecule has 0 atom stereocenters. The molecule has 6 heteroatoms. The van der Waals surface area contributed by atoms with Crippen molar-refractivity contribution >= 4 is 39.8 Å². The molecule has 0 aliphatic carbocycles. The molecule has 5 nitrogen and oxygen atoms in total. The van der Waals surface area contributed by atoms with Gasteiger partial charge in [-0.25, -0.2) is 9.78 Å². The highest BCUT2D eigenvalue weighted by atomic mass is 32.1. The van der Waals surface area contributed by atoms with Crippen LogP contribution in [0.1, 0.15) is 20.8 Å². The van der Waals surface area contributed by atoms with Gasteiger partial charge in [0.1, 0.15) is 5.52 Å². The Labute approximate surface area is 159 Å². The number of carbonyl (C=O) groups is 1. The van der Waals surface area contributed by atoms with Crippen LogP contribution in [0.5, 0.6) is 0 Å². The number of hydrogen-bond donors (Lipinski definition) is 0. The van der Waals surface area contributed by atoms with Crippen molar-refractivity contribution in [2.45, 2.75) is 6.42 Å². The number of methoxy groups -OCH3 is 1. The topological polar surface area (TPSA) is 64.7 Å². The molecule has 2 aromatic heterocycles. The lowest BCUT2D eigenvalue weighted by molar-refractivity contribution is 0.0602. The Morgan fingerprint density at radius 3 is 2.85 bits per heavy atom. The van der Waals surface area contributed by atoms with Crippen LogP contribution in [0.2, 0.25) is 0 Å². The molecule has 0 unspecified atom stereocenters. The fraction of sp³-hybridized carbons (Fsp3) is 0.0952. The highest BCUT2D eigenvalue weighted by molar-refractivity contribution is 7.12. The second-order valence-electron chi connectivity index (χ2n) is 6.19. The van der Waals surface area contributed by atoms with E-state index in [0.29, 0.717) is 22.6 Å². The normalized spacial score (nSPS) is 12.9. The molecule has 1 aliphatic heterocycles. The number of nitrogens with zero attached hydrogens (tertiary/aromatic N) is 2. The van der Waals surface area contributed by atoms with E-state index in [4.69, 9.17) is 14.1 Å². The van der Waals surface area contributed by atoms with Crippen LogP contribution < -0.4 is 0 Å². The zero-order chi connectivity index (χ0) is 18.4. The zero-order valence-corrected chi connectivity index (χ0v) is 15.2. The third kappa shape index (κ3) is 2.57. The predicted molar refractivity (Wildman–Crippen MR) is 105 cm³/mol. The number of fused-ring (bicyclic) bond motifs is 2. The van der Waals surface area contributed by atoms with Gasteiger partial charge in [0.2, 0.25) is 5.89 Å². The smallest absolute Gasteiger partial charge is 0.340 e. The first kappa shape index (κ1) is 16.0. The molecule has 5 rings (SSSR count). The fourth-order valence-electron chi connectivity index (χ4n) is 3.32. The second kappa shape index (κ2) is 6.17. The SMILES string of the molecule is COC(=O)c1cccc2oc(-c3cccc4c3N=C(c3cccs3)C4)nc12. The van der Waals surface area contributed by atoms with E-state index < -0.39 is 5.97 Å². The van der Waals surface area contributed by atoms with Crippen LogP contribution in [-0.2, 0) is 11.2 Å². The molecule has 132 valence electrons. The molecule has 0 N–H and O–H groups in total. The summed E-state index contributed by atoms with van der Waals surface area (Å²) >= 11 is 1.68. The highest BCUT2D eigenvalue weighted by Crippen LogP contribution is 2.39. The van der Waals surface area contributed by atoms with Crippen molar-refractivity contribution in [3.05, 3.63) is 69.9 Å². The molecule has 4 aromatic rings. The van der Waals surface area contributed by atoms with Crippen LogP contribution in [-0.4, -0.2) is 23.8 Å². The summed E-state index contributed by atoms with van der Waals surface area (Å²) < 4.78 is 10.8. The van der Waals surface area contributed by atoms with E-state index in [9.17, 15) is 4.79 Å². The summed E-state index contributed by atoms with van der Waals surface area (Å²) in [4.78, 5) is 22.6. The highest BCUT2D eigenvalue weighted by Gasteiger charge is 2.23. The van der Waals surface area contributed by atoms with Crippen molar-refractivity contribution in [2.75, 3.05) is 7.11 Å². The van der Waals surface area contributed by atoms with Gasteiger partial charge in [0.05, 0.1) is 29.6 Å². The molecule has 0 saturated heterocycles. The number of ether oxygens (including phenoxy) is 1. The maximum absolute atomic E-state index is 12.0. The maximum atomic E-state index is 12.0. The summed E-state index contributed by atoms with van der Waals surface area (Å²) in [5, 5.41) is 2.05. The number of para-hydroxylation sites is 2. The van der Waals surface area contributed by atoms with E-state index in [1.807, 2.05) is 18.2 Å². The van der Waals surface area contributed by atoms with Crippen molar-refractivity contribution in [1.82, 2.24) is 4.98 Å². The second-order valence-corrected chi connectivity index (χ2v) is 7.14. The first-order valence-corrected chi connectivity index (χ1v) is 9.34. The van der Waals surface area contributed by atoms with E-state index >= 15 is 0 Å². The van der Waals surface area contributed by atoms with Gasteiger partial charge in [-0.3, -0.25) is 4.99 Å². The molecule has 1 aliphatic rings. The van der Waals surface area contributed by atoms with Gasteiger partial charge in [0, 0.05) is 11.3 Å². The molecule has 0 saturated carbocycles. The van der Waals surface area contributed by atoms with Gasteiger partial charge in [-0.2, -0.15) is 0 Å². The summed E-state index contributed by atoms with van der Waals surface area (Å²) in [6.45, 7) is 0. The first-order chi connectivity index (χ1) is 13.2. The van der Waals surface area contributed by atoms with Crippen molar-refractivity contribution in [2.24, 2.45) is 4.99 Å². The lowest BCUT2D eigenvalue weighted by Crippen LogP contribution is -2.01. The number of benzene rings is 2. The minimum atomic E-state index is -0.434. The number of oxazole rings is 1. The number of esters is 1. The largest absolute Gasteiger partial charge is 0.465 e. The molecular formula is C21H14N2O3S. The average Bonchev–Trinajstić information content (AvgIpc) is 3.44. The van der Waals surface area contributed by atoms with Gasteiger partial charge in [-0.15, -0.1) is 11.3 Å². The van der Waals surface area contributed by atoms with Crippen LogP contribution in [0.4, 0.5) is 5.69 Å². The molecular weight excluding hydrogens is 360 g/mol. The molecule has 0 amide bonds. The number of aliphatic imine (C=N–C) groups is 1. The van der Waals surface area contributed by atoms with Gasteiger partial charge in [0.25, 0.3) is 0 Å². The third-order valence-corrected chi connectivity index (χ3v) is 5.50. The van der Waals surface area contributed by atoms with Crippen LogP contribution in [0.3, 0.4) is 0 Å². The van der Waals surface area contributed by atoms with Crippen molar-refractivity contribution < 1.29 is 13.9 Å². The third-order valence-electron chi connectivity index (χ3n) is 4.58. The quantitative estimate of drug-likeness (QED) is 0.472. The van der Waals surface area contributed by atoms with Crippen LogP contribution in [0, 0.1) is 0 Å². The molecule has 0 radical (unpaired) electrons. The maximum Gasteiger partial charge on any atom is 0.340 e. The van der Waals surface area contributed by atoms with E-state index in [1.165, 1.54) is 12.0 Å². The Kier molecular flexibility index (Phi) is 3.65. The fourth-order valence-corrected chi connectivity index (χ4v) is 4.03. The van der Waals surface area contributed by atoms with Gasteiger partial charge >= 0.3 is 5.97 Å². The monoisotopic (exact) mass is 374 g/mol. The molecule has 0 bridgehead atoms. The van der Waals surface area contributed by atoms with Crippen molar-refractivity contribution in [3.63, 3.8) is 0 Å². The standard InChI is InChI=1S/C21H14N2O3S/c1-25-21(24)14-7-3-8-16-19(14)23-20(26-16)13-6-2-5-12-11-15(22-18(12)13)17-9-4-10-27-17/h2-10H,11H2,1H3. The lowest BCUT2D eigenvalue weighted by atomic mass is 10.1. The number of carbonyl (C=O) groups excluding carboxylic acids is 1. The molecule has 0 fully saturated rings. The Morgan fingerprint density at radius 1 is 1.15 bits per heavy atom. The lowest BCUT2D eigenvalue weighted by Gasteiger charge is -2.01. The Morgan fingerprint density at radius 2 is 2.04 bits per heavy atom. The molecule has 3 heterocycles. The first-order valence-electron chi connectivity index (χ1n) is 8.46. The van der Waals surface area contributed by atoms with Crippen LogP contribution >= 0.6 is 11.3 Å². The Bertz CT molecular complexity index is 1210. The minimum Gasteiger partial charge on any atom is -0.465 e. The number of rotatable bonds is 3. The van der Waals surface area contributed by atoms with Gasteiger partial charge < -0.3 is 9.15 Å². The summed E-state index contributed by atoms with van der Waals surface area (Å²) in [5.74, 6) is 0.0196. The van der Waals surface area contributed by atoms with Crippen molar-refractivity contribution in [3.8, 4) is 11.5 Å². The minimum absolute atomic E-state index is 0.389. The van der Waals surface area contributed by atoms with E-state index in [2.05, 4.69) is 22.5 Å². The Balaban J connectivity index is 1.65. The van der Waals surface area contributed by atoms with Crippen LogP contribution in [0.25, 0.3) is 22.6 Å². The Hall–Kier alpha value is -3.25. The van der Waals surface area contributed by atoms with E-state index in [-0.39, 0.29) is 0 Å². The summed E-state index contributed by atoms with van der Waals surface area (Å²) in [6.07, 6.45) is 0.789. The number of thiophene rings is 1. The summed E-state index contributed by atoms with van der Waals surface area (Å²) in [7, 11) is 1.35. The van der Waals surface area contributed by atoms with Gasteiger partial charge in [0.15, 0.2) is 5.58 Å².